The molecule has 0 unspecified atom stereocenters. The molecule has 0 fully saturated rings. The zero-order valence-electron chi connectivity index (χ0n) is 13.0. The SMILES string of the molecule is Cc1cc(C)c(S(=O)(=O)Oc2ccc(F)c(C(F)(F)F)c2)c(C)c1. The minimum Gasteiger partial charge on any atom is -0.379 e. The molecule has 0 N–H and O–H groups in total. The smallest absolute Gasteiger partial charge is 0.379 e. The molecule has 2 aromatic rings. The maximum atomic E-state index is 13.3. The van der Waals surface area contributed by atoms with Crippen LogP contribution >= 0.6 is 0 Å². The molecule has 0 aromatic heterocycles. The monoisotopic (exact) mass is 362 g/mol. The lowest BCUT2D eigenvalue weighted by atomic mass is 10.1. The summed E-state index contributed by atoms with van der Waals surface area (Å²) < 4.78 is 81.0. The molecule has 0 bridgehead atoms. The first-order valence-electron chi connectivity index (χ1n) is 6.81. The largest absolute Gasteiger partial charge is 0.419 e. The second-order valence-corrected chi connectivity index (χ2v) is 6.89. The van der Waals surface area contributed by atoms with E-state index in [1.807, 2.05) is 0 Å². The van der Waals surface area contributed by atoms with E-state index in [4.69, 9.17) is 4.18 Å². The molecule has 24 heavy (non-hydrogen) atoms. The molecule has 8 heteroatoms. The van der Waals surface area contributed by atoms with E-state index in [1.165, 1.54) is 0 Å². The summed E-state index contributed by atoms with van der Waals surface area (Å²) in [7, 11) is -4.36. The lowest BCUT2D eigenvalue weighted by Gasteiger charge is -2.14. The van der Waals surface area contributed by atoms with E-state index in [1.54, 1.807) is 32.9 Å². The molecule has 0 saturated heterocycles. The van der Waals surface area contributed by atoms with Crippen molar-refractivity contribution in [2.24, 2.45) is 0 Å². The van der Waals surface area contributed by atoms with Gasteiger partial charge in [0.15, 0.2) is 0 Å². The molecular weight excluding hydrogens is 348 g/mol. The van der Waals surface area contributed by atoms with E-state index in [0.29, 0.717) is 23.3 Å². The molecule has 0 saturated carbocycles. The summed E-state index contributed by atoms with van der Waals surface area (Å²) in [6.45, 7) is 4.90. The van der Waals surface area contributed by atoms with Crippen molar-refractivity contribution in [3.05, 3.63) is 58.4 Å². The van der Waals surface area contributed by atoms with Crippen LogP contribution in [0.25, 0.3) is 0 Å². The molecule has 3 nitrogen and oxygen atoms in total. The minimum atomic E-state index is -4.96. The van der Waals surface area contributed by atoms with Crippen molar-refractivity contribution >= 4 is 10.1 Å². The Morgan fingerprint density at radius 2 is 1.50 bits per heavy atom. The van der Waals surface area contributed by atoms with Crippen LogP contribution in [0.5, 0.6) is 5.75 Å². The highest BCUT2D eigenvalue weighted by Gasteiger charge is 2.35. The van der Waals surface area contributed by atoms with Crippen LogP contribution in [0.2, 0.25) is 0 Å². The van der Waals surface area contributed by atoms with Crippen molar-refractivity contribution in [3.8, 4) is 5.75 Å². The third-order valence-corrected chi connectivity index (χ3v) is 4.86. The Bertz CT molecular complexity index is 864. The zero-order chi connectivity index (χ0) is 18.3. The van der Waals surface area contributed by atoms with E-state index >= 15 is 0 Å². The van der Waals surface area contributed by atoms with E-state index in [-0.39, 0.29) is 4.90 Å². The number of hydrogen-bond acceptors (Lipinski definition) is 3. The van der Waals surface area contributed by atoms with Crippen LogP contribution in [0.3, 0.4) is 0 Å². The van der Waals surface area contributed by atoms with Gasteiger partial charge in [-0.3, -0.25) is 0 Å². The first-order chi connectivity index (χ1) is 10.9. The van der Waals surface area contributed by atoms with Crippen molar-refractivity contribution in [2.45, 2.75) is 31.8 Å². The van der Waals surface area contributed by atoms with E-state index in [2.05, 4.69) is 0 Å². The van der Waals surface area contributed by atoms with E-state index in [0.717, 1.165) is 11.6 Å². The quantitative estimate of drug-likeness (QED) is 0.595. The molecule has 0 atom stereocenters. The zero-order valence-corrected chi connectivity index (χ0v) is 13.8. The van der Waals surface area contributed by atoms with Gasteiger partial charge in [-0.25, -0.2) is 4.39 Å². The standard InChI is InChI=1S/C16H14F4O3S/c1-9-6-10(2)15(11(3)7-9)24(21,22)23-12-4-5-14(17)13(8-12)16(18,19)20/h4-8H,1-3H3. The van der Waals surface area contributed by atoms with Crippen LogP contribution in [0.1, 0.15) is 22.3 Å². The molecular formula is C16H14F4O3S. The fourth-order valence-electron chi connectivity index (χ4n) is 2.50. The lowest BCUT2D eigenvalue weighted by molar-refractivity contribution is -0.140. The van der Waals surface area contributed by atoms with Crippen molar-refractivity contribution < 1.29 is 30.2 Å². The summed E-state index contributed by atoms with van der Waals surface area (Å²) in [6.07, 6.45) is -4.96. The maximum Gasteiger partial charge on any atom is 0.419 e. The third-order valence-electron chi connectivity index (χ3n) is 3.30. The van der Waals surface area contributed by atoms with Gasteiger partial charge in [0.1, 0.15) is 16.5 Å². The summed E-state index contributed by atoms with van der Waals surface area (Å²) in [5, 5.41) is 0. The van der Waals surface area contributed by atoms with Gasteiger partial charge in [-0.1, -0.05) is 17.7 Å². The Morgan fingerprint density at radius 1 is 0.958 bits per heavy atom. The van der Waals surface area contributed by atoms with Gasteiger partial charge < -0.3 is 4.18 Å². The number of halogens is 4. The van der Waals surface area contributed by atoms with Gasteiger partial charge in [0.25, 0.3) is 0 Å². The summed E-state index contributed by atoms with van der Waals surface area (Å²) in [5.41, 5.74) is 0.0638. The summed E-state index contributed by atoms with van der Waals surface area (Å²) in [5.74, 6) is -2.11. The second-order valence-electron chi connectivity index (χ2n) is 5.40. The fraction of sp³-hybridized carbons (Fsp3) is 0.250. The van der Waals surface area contributed by atoms with Gasteiger partial charge in [0, 0.05) is 0 Å². The number of benzene rings is 2. The topological polar surface area (TPSA) is 43.4 Å². The predicted molar refractivity (Wildman–Crippen MR) is 79.9 cm³/mol. The predicted octanol–water partition coefficient (Wildman–Crippen LogP) is 4.54. The normalized spacial score (nSPS) is 12.3. The first-order valence-corrected chi connectivity index (χ1v) is 8.22. The third kappa shape index (κ3) is 3.69. The van der Waals surface area contributed by atoms with Crippen LogP contribution in [-0.2, 0) is 16.3 Å². The second kappa shape index (κ2) is 6.08. The van der Waals surface area contributed by atoms with Crippen molar-refractivity contribution in [1.82, 2.24) is 0 Å². The molecule has 2 aromatic carbocycles. The Kier molecular flexibility index (Phi) is 4.63. The number of rotatable bonds is 3. The van der Waals surface area contributed by atoms with Crippen LogP contribution in [0, 0.1) is 26.6 Å². The van der Waals surface area contributed by atoms with Gasteiger partial charge in [0.2, 0.25) is 0 Å². The van der Waals surface area contributed by atoms with Crippen LogP contribution < -0.4 is 4.18 Å². The van der Waals surface area contributed by atoms with Crippen molar-refractivity contribution in [2.75, 3.05) is 0 Å². The van der Waals surface area contributed by atoms with Crippen molar-refractivity contribution in [1.29, 1.82) is 0 Å². The highest BCUT2D eigenvalue weighted by atomic mass is 32.2. The summed E-state index contributed by atoms with van der Waals surface area (Å²) in [4.78, 5) is -0.119. The van der Waals surface area contributed by atoms with Gasteiger partial charge in [-0.05, 0) is 50.1 Å². The van der Waals surface area contributed by atoms with Crippen LogP contribution in [-0.4, -0.2) is 8.42 Å². The lowest BCUT2D eigenvalue weighted by Crippen LogP contribution is -2.14. The Morgan fingerprint density at radius 3 is 2.00 bits per heavy atom. The maximum absolute atomic E-state index is 13.3. The highest BCUT2D eigenvalue weighted by Crippen LogP contribution is 2.34. The molecule has 0 amide bonds. The first kappa shape index (κ1) is 18.3. The molecule has 0 aliphatic heterocycles. The van der Waals surface area contributed by atoms with Crippen LogP contribution in [0.15, 0.2) is 35.2 Å². The van der Waals surface area contributed by atoms with Gasteiger partial charge >= 0.3 is 16.3 Å². The number of alkyl halides is 3. The van der Waals surface area contributed by atoms with Gasteiger partial charge in [-0.2, -0.15) is 21.6 Å². The van der Waals surface area contributed by atoms with E-state index in [9.17, 15) is 26.0 Å². The number of hydrogen-bond donors (Lipinski definition) is 0. The molecule has 0 radical (unpaired) electrons. The fourth-order valence-corrected chi connectivity index (χ4v) is 3.85. The van der Waals surface area contributed by atoms with Gasteiger partial charge in [-0.15, -0.1) is 0 Å². The Hall–Kier alpha value is -2.09. The summed E-state index contributed by atoms with van der Waals surface area (Å²) in [6, 6.07) is 4.92. The molecule has 2 rings (SSSR count). The number of aryl methyl sites for hydroxylation is 3. The van der Waals surface area contributed by atoms with E-state index < -0.39 is 33.4 Å². The molecule has 130 valence electrons. The van der Waals surface area contributed by atoms with Crippen LogP contribution in [0.4, 0.5) is 17.6 Å². The van der Waals surface area contributed by atoms with Crippen molar-refractivity contribution in [3.63, 3.8) is 0 Å². The Balaban J connectivity index is 2.48. The highest BCUT2D eigenvalue weighted by molar-refractivity contribution is 7.87. The molecule has 0 aliphatic rings. The molecule has 0 heterocycles. The van der Waals surface area contributed by atoms with Gasteiger partial charge in [0.05, 0.1) is 5.56 Å². The Labute approximate surface area is 137 Å². The summed E-state index contributed by atoms with van der Waals surface area (Å²) >= 11 is 0. The molecule has 0 aliphatic carbocycles. The average Bonchev–Trinajstić information content (AvgIpc) is 2.37. The molecule has 0 spiro atoms. The average molecular weight is 362 g/mol. The minimum absolute atomic E-state index is 0.119.